The average molecular weight is 729 g/mol. The SMILES string of the molecule is C=I1(C(=O)OC(C)(C)C)CCC2(CC(n3nc(-c4c(C)nn(Cc5cccc(C(F)(F)F)c5)c4C)c(C(=O)NC)c3N)C2)C1. The van der Waals surface area contributed by atoms with E-state index in [1.807, 2.05) is 20.8 Å². The monoisotopic (exact) mass is 728 g/mol. The molecule has 3 heterocycles. The summed E-state index contributed by atoms with van der Waals surface area (Å²) in [4.78, 5) is 26.1. The third-order valence-electron chi connectivity index (χ3n) is 8.53. The van der Waals surface area contributed by atoms with Crippen molar-refractivity contribution in [2.75, 3.05) is 21.6 Å². The minimum absolute atomic E-state index is 0.00659. The van der Waals surface area contributed by atoms with Gasteiger partial charge in [-0.2, -0.15) is 13.2 Å². The Morgan fingerprint density at radius 1 is 1.20 bits per heavy atom. The molecule has 1 aliphatic heterocycles. The van der Waals surface area contributed by atoms with Crippen LogP contribution in [0, 0.1) is 19.3 Å². The molecule has 0 bridgehead atoms. The second-order valence-corrected chi connectivity index (χ2v) is 21.3. The van der Waals surface area contributed by atoms with E-state index in [0.717, 1.165) is 40.3 Å². The molecule has 5 rings (SSSR count). The fourth-order valence-corrected chi connectivity index (χ4v) is 14.9. The molecule has 1 spiro atoms. The van der Waals surface area contributed by atoms with Crippen LogP contribution in [-0.2, 0) is 17.5 Å². The third-order valence-corrected chi connectivity index (χ3v) is 16.3. The fraction of sp³-hybridized carbons (Fsp3) is 0.516. The molecule has 240 valence electrons. The molecule has 9 nitrogen and oxygen atoms in total. The number of hydrogen-bond acceptors (Lipinski definition) is 6. The first-order valence-corrected chi connectivity index (χ1v) is 20.1. The van der Waals surface area contributed by atoms with Crippen LogP contribution in [0.4, 0.5) is 23.8 Å². The van der Waals surface area contributed by atoms with Gasteiger partial charge in [-0.1, -0.05) is 12.1 Å². The Kier molecular flexibility index (Phi) is 8.03. The Morgan fingerprint density at radius 2 is 1.89 bits per heavy atom. The zero-order valence-electron chi connectivity index (χ0n) is 25.9. The van der Waals surface area contributed by atoms with Crippen molar-refractivity contribution in [2.45, 2.75) is 78.2 Å². The van der Waals surface area contributed by atoms with Crippen molar-refractivity contribution in [1.82, 2.24) is 24.9 Å². The van der Waals surface area contributed by atoms with Crippen LogP contribution < -0.4 is 11.1 Å². The van der Waals surface area contributed by atoms with Gasteiger partial charge in [-0.3, -0.25) is 0 Å². The zero-order chi connectivity index (χ0) is 32.4. The molecule has 44 heavy (non-hydrogen) atoms. The summed E-state index contributed by atoms with van der Waals surface area (Å²) in [5.41, 5.74) is 8.25. The number of anilines is 1. The van der Waals surface area contributed by atoms with Gasteiger partial charge in [-0.25, -0.2) is 0 Å². The topological polar surface area (TPSA) is 117 Å². The number of carbonyl (C=O) groups excluding carboxylic acids is 2. The van der Waals surface area contributed by atoms with Gasteiger partial charge < -0.3 is 0 Å². The number of ether oxygens (including phenoxy) is 1. The number of nitrogens with one attached hydrogen (secondary N) is 1. The van der Waals surface area contributed by atoms with E-state index >= 15 is 0 Å². The van der Waals surface area contributed by atoms with E-state index in [-0.39, 0.29) is 39.3 Å². The van der Waals surface area contributed by atoms with Gasteiger partial charge in [-0.15, -0.1) is 0 Å². The van der Waals surface area contributed by atoms with Crippen molar-refractivity contribution < 1.29 is 27.5 Å². The third kappa shape index (κ3) is 5.91. The first-order chi connectivity index (χ1) is 20.4. The Bertz CT molecular complexity index is 1680. The summed E-state index contributed by atoms with van der Waals surface area (Å²) in [7, 11) is 1.52. The predicted octanol–water partition coefficient (Wildman–Crippen LogP) is 6.51. The summed E-state index contributed by atoms with van der Waals surface area (Å²) in [6.45, 7) is 9.32. The maximum absolute atomic E-state index is 13.3. The molecule has 2 aliphatic rings. The van der Waals surface area contributed by atoms with Crippen LogP contribution in [0.15, 0.2) is 24.3 Å². The fourth-order valence-electron chi connectivity index (χ4n) is 6.40. The van der Waals surface area contributed by atoms with Gasteiger partial charge in [0, 0.05) is 0 Å². The van der Waals surface area contributed by atoms with E-state index < -0.39 is 35.3 Å². The molecule has 1 unspecified atom stereocenters. The molecule has 1 aromatic carbocycles. The van der Waals surface area contributed by atoms with E-state index in [9.17, 15) is 22.8 Å². The Balaban J connectivity index is 1.43. The van der Waals surface area contributed by atoms with E-state index in [1.165, 1.54) is 13.1 Å². The molecule has 1 saturated heterocycles. The van der Waals surface area contributed by atoms with Crippen molar-refractivity contribution >= 4 is 38.2 Å². The number of halogens is 4. The number of amides is 1. The molecule has 0 radical (unpaired) electrons. The van der Waals surface area contributed by atoms with E-state index in [2.05, 4.69) is 14.9 Å². The van der Waals surface area contributed by atoms with Crippen molar-refractivity contribution in [3.63, 3.8) is 0 Å². The van der Waals surface area contributed by atoms with Crippen LogP contribution in [0.1, 0.15) is 78.9 Å². The van der Waals surface area contributed by atoms with Crippen LogP contribution in [0.5, 0.6) is 0 Å². The number of nitrogens with zero attached hydrogens (tertiary/aromatic N) is 4. The molecule has 1 saturated carbocycles. The number of carbonyl (C=O) groups is 2. The van der Waals surface area contributed by atoms with Crippen molar-refractivity contribution in [2.24, 2.45) is 5.41 Å². The summed E-state index contributed by atoms with van der Waals surface area (Å²) in [6, 6.07) is 5.10. The molecular formula is C31H40F3IN6O3. The van der Waals surface area contributed by atoms with E-state index in [0.29, 0.717) is 28.2 Å². The van der Waals surface area contributed by atoms with Crippen molar-refractivity contribution in [3.8, 4) is 11.3 Å². The van der Waals surface area contributed by atoms with Crippen molar-refractivity contribution in [3.05, 3.63) is 52.3 Å². The summed E-state index contributed by atoms with van der Waals surface area (Å²) in [6.07, 6.45) is -1.97. The number of benzene rings is 1. The summed E-state index contributed by atoms with van der Waals surface area (Å²) in [5, 5.41) is 12.1. The predicted molar refractivity (Wildman–Crippen MR) is 174 cm³/mol. The average Bonchev–Trinajstić information content (AvgIpc) is 3.52. The van der Waals surface area contributed by atoms with Gasteiger partial charge in [-0.05, 0) is 12.1 Å². The second-order valence-electron chi connectivity index (χ2n) is 13.1. The number of rotatable bonds is 6. The molecule has 1 atom stereocenters. The van der Waals surface area contributed by atoms with E-state index in [1.54, 1.807) is 29.3 Å². The van der Waals surface area contributed by atoms with Crippen LogP contribution in [0.25, 0.3) is 11.3 Å². The van der Waals surface area contributed by atoms with Crippen LogP contribution in [0.2, 0.25) is 0 Å². The maximum atomic E-state index is 13.3. The number of nitrogen functional groups attached to an aromatic ring is 1. The van der Waals surface area contributed by atoms with Gasteiger partial charge in [0.1, 0.15) is 0 Å². The summed E-state index contributed by atoms with van der Waals surface area (Å²) >= 11 is -3.00. The summed E-state index contributed by atoms with van der Waals surface area (Å²) in [5.74, 6) is -0.144. The number of nitrogens with two attached hydrogens (primary N) is 1. The van der Waals surface area contributed by atoms with Crippen molar-refractivity contribution in [1.29, 1.82) is 0 Å². The number of hydrogen-bond donors (Lipinski definition) is 2. The van der Waals surface area contributed by atoms with Crippen LogP contribution in [0.3, 0.4) is 0 Å². The van der Waals surface area contributed by atoms with E-state index in [4.69, 9.17) is 15.6 Å². The van der Waals surface area contributed by atoms with Gasteiger partial charge in [0.15, 0.2) is 0 Å². The van der Waals surface area contributed by atoms with Gasteiger partial charge in [0.05, 0.1) is 5.56 Å². The quantitative estimate of drug-likeness (QED) is 0.170. The molecule has 2 aromatic heterocycles. The number of alkyl halides is 5. The Morgan fingerprint density at radius 3 is 2.50 bits per heavy atom. The molecular weight excluding hydrogens is 688 g/mol. The number of aryl methyl sites for hydroxylation is 1. The molecule has 13 heteroatoms. The second kappa shape index (κ2) is 11.0. The van der Waals surface area contributed by atoms with Crippen LogP contribution in [-0.4, -0.2) is 55.5 Å². The Labute approximate surface area is 258 Å². The van der Waals surface area contributed by atoms with Crippen LogP contribution >= 0.6 is 18.0 Å². The van der Waals surface area contributed by atoms with Gasteiger partial charge in [0.2, 0.25) is 0 Å². The standard InChI is InChI=1S/C31H40F3IN6O3/c1-18-23(19(2)40(38-18)16-20-9-8-10-21(13-20)31(32,33)34)25-24(27(42)37-7)26(36)41(39-25)22-14-30(15-22)11-12-35(6,17-30)28(43)44-29(3,4)5/h8-10,13,22H,6,11-12,14-17,36H2,1-5,7H3,(H,37,42). The molecule has 1 amide bonds. The molecule has 1 aliphatic carbocycles. The summed E-state index contributed by atoms with van der Waals surface area (Å²) < 4.78 is 54.9. The van der Waals surface area contributed by atoms with Gasteiger partial charge in [0.25, 0.3) is 0 Å². The number of aromatic nitrogens is 4. The minimum atomic E-state index is -4.45. The zero-order valence-corrected chi connectivity index (χ0v) is 28.1. The normalized spacial score (nSPS) is 25.0. The van der Waals surface area contributed by atoms with Gasteiger partial charge >= 0.3 is 216 Å². The first-order valence-electron chi connectivity index (χ1n) is 14.4. The molecule has 2 fully saturated rings. The molecule has 3 N–H and O–H groups in total. The Hall–Kier alpha value is -3.23. The molecule has 3 aromatic rings. The first kappa shape index (κ1) is 32.2.